The molecule has 0 N–H and O–H groups in total. The first kappa shape index (κ1) is 16.2. The molecular formula is C19H29NO. The zero-order valence-corrected chi connectivity index (χ0v) is 14.0. The van der Waals surface area contributed by atoms with E-state index in [2.05, 4.69) is 32.6 Å². The Balaban J connectivity index is 2.03. The minimum Gasteiger partial charge on any atom is -0.302 e. The molecule has 0 aliphatic carbocycles. The highest BCUT2D eigenvalue weighted by molar-refractivity contribution is 6.00. The maximum Gasteiger partial charge on any atom is 0.169 e. The van der Waals surface area contributed by atoms with E-state index < -0.39 is 0 Å². The summed E-state index contributed by atoms with van der Waals surface area (Å²) < 4.78 is 0. The number of benzene rings is 1. The van der Waals surface area contributed by atoms with Crippen LogP contribution in [-0.4, -0.2) is 30.3 Å². The number of nitrogens with zero attached hydrogens (tertiary/aromatic N) is 1. The van der Waals surface area contributed by atoms with Crippen molar-refractivity contribution in [1.82, 2.24) is 4.90 Å². The van der Waals surface area contributed by atoms with Crippen LogP contribution >= 0.6 is 0 Å². The third-order valence-corrected chi connectivity index (χ3v) is 5.29. The standard InChI is InChI=1S/C19H29NO/c1-5-19(6-2)12-13-20(15-19)14-18(3,4)17(21)16-10-8-7-9-11-16/h7-11H,5-6,12-15H2,1-4H3. The molecule has 0 saturated carbocycles. The van der Waals surface area contributed by atoms with E-state index in [1.807, 2.05) is 30.3 Å². The minimum atomic E-state index is -0.321. The summed E-state index contributed by atoms with van der Waals surface area (Å²) in [5.41, 5.74) is 0.990. The molecule has 0 unspecified atom stereocenters. The zero-order valence-electron chi connectivity index (χ0n) is 14.0. The van der Waals surface area contributed by atoms with Gasteiger partial charge >= 0.3 is 0 Å². The molecule has 0 atom stereocenters. The predicted octanol–water partition coefficient (Wildman–Crippen LogP) is 4.41. The Bertz CT molecular complexity index is 474. The molecule has 2 nitrogen and oxygen atoms in total. The number of hydrogen-bond acceptors (Lipinski definition) is 2. The molecule has 0 aromatic heterocycles. The van der Waals surface area contributed by atoms with E-state index in [0.29, 0.717) is 5.41 Å². The molecule has 0 bridgehead atoms. The second kappa shape index (κ2) is 6.31. The van der Waals surface area contributed by atoms with Gasteiger partial charge in [0.1, 0.15) is 0 Å². The van der Waals surface area contributed by atoms with Crippen LogP contribution in [0, 0.1) is 10.8 Å². The van der Waals surface area contributed by atoms with Gasteiger partial charge in [0.25, 0.3) is 0 Å². The van der Waals surface area contributed by atoms with Gasteiger partial charge in [-0.05, 0) is 31.2 Å². The maximum atomic E-state index is 12.7. The van der Waals surface area contributed by atoms with Crippen molar-refractivity contribution in [3.05, 3.63) is 35.9 Å². The Hall–Kier alpha value is -1.15. The lowest BCUT2D eigenvalue weighted by Gasteiger charge is -2.31. The molecular weight excluding hydrogens is 258 g/mol. The third-order valence-electron chi connectivity index (χ3n) is 5.29. The average molecular weight is 287 g/mol. The largest absolute Gasteiger partial charge is 0.302 e. The lowest BCUT2D eigenvalue weighted by Crippen LogP contribution is -2.39. The average Bonchev–Trinajstić information content (AvgIpc) is 2.90. The number of carbonyl (C=O) groups excluding carboxylic acids is 1. The van der Waals surface area contributed by atoms with Crippen molar-refractivity contribution >= 4 is 5.78 Å². The van der Waals surface area contributed by atoms with E-state index in [1.165, 1.54) is 19.3 Å². The summed E-state index contributed by atoms with van der Waals surface area (Å²) in [4.78, 5) is 15.2. The Labute approximate surface area is 129 Å². The normalized spacial score (nSPS) is 18.9. The van der Waals surface area contributed by atoms with Crippen LogP contribution in [0.3, 0.4) is 0 Å². The van der Waals surface area contributed by atoms with Crippen molar-refractivity contribution in [2.45, 2.75) is 47.0 Å². The summed E-state index contributed by atoms with van der Waals surface area (Å²) in [7, 11) is 0. The van der Waals surface area contributed by atoms with Crippen LogP contribution in [0.1, 0.15) is 57.3 Å². The van der Waals surface area contributed by atoms with E-state index in [4.69, 9.17) is 0 Å². The Kier molecular flexibility index (Phi) is 4.88. The molecule has 0 spiro atoms. The van der Waals surface area contributed by atoms with E-state index >= 15 is 0 Å². The van der Waals surface area contributed by atoms with E-state index in [0.717, 1.165) is 25.2 Å². The molecule has 1 aliphatic rings. The number of ketones is 1. The summed E-state index contributed by atoms with van der Waals surface area (Å²) in [6.07, 6.45) is 3.76. The van der Waals surface area contributed by atoms with Gasteiger partial charge in [0.05, 0.1) is 0 Å². The smallest absolute Gasteiger partial charge is 0.169 e. The van der Waals surface area contributed by atoms with Gasteiger partial charge in [-0.1, -0.05) is 58.0 Å². The van der Waals surface area contributed by atoms with Crippen LogP contribution in [0.15, 0.2) is 30.3 Å². The molecule has 1 saturated heterocycles. The molecule has 1 fully saturated rings. The Morgan fingerprint density at radius 3 is 2.33 bits per heavy atom. The van der Waals surface area contributed by atoms with Crippen molar-refractivity contribution in [2.24, 2.45) is 10.8 Å². The number of rotatable bonds is 6. The van der Waals surface area contributed by atoms with Gasteiger partial charge in [0.2, 0.25) is 0 Å². The molecule has 1 heterocycles. The Morgan fingerprint density at radius 2 is 1.81 bits per heavy atom. The first-order valence-corrected chi connectivity index (χ1v) is 8.25. The zero-order chi connectivity index (χ0) is 15.5. The molecule has 1 aromatic carbocycles. The van der Waals surface area contributed by atoms with Gasteiger partial charge < -0.3 is 4.90 Å². The van der Waals surface area contributed by atoms with E-state index in [-0.39, 0.29) is 11.2 Å². The molecule has 0 radical (unpaired) electrons. The van der Waals surface area contributed by atoms with Crippen LogP contribution in [-0.2, 0) is 0 Å². The maximum absolute atomic E-state index is 12.7. The van der Waals surface area contributed by atoms with Gasteiger partial charge in [0.15, 0.2) is 5.78 Å². The minimum absolute atomic E-state index is 0.258. The molecule has 1 aromatic rings. The van der Waals surface area contributed by atoms with E-state index in [9.17, 15) is 4.79 Å². The van der Waals surface area contributed by atoms with Gasteiger partial charge in [0, 0.05) is 24.1 Å². The SMILES string of the molecule is CCC1(CC)CCN(CC(C)(C)C(=O)c2ccccc2)C1. The molecule has 21 heavy (non-hydrogen) atoms. The van der Waals surface area contributed by atoms with Gasteiger partial charge in [-0.25, -0.2) is 0 Å². The van der Waals surface area contributed by atoms with Gasteiger partial charge in [-0.15, -0.1) is 0 Å². The molecule has 2 heteroatoms. The summed E-state index contributed by atoms with van der Waals surface area (Å²) in [5.74, 6) is 0.258. The van der Waals surface area contributed by atoms with Gasteiger partial charge in [-0.2, -0.15) is 0 Å². The summed E-state index contributed by atoms with van der Waals surface area (Å²) in [6, 6.07) is 9.70. The monoisotopic (exact) mass is 287 g/mol. The summed E-state index contributed by atoms with van der Waals surface area (Å²) in [5, 5.41) is 0. The quantitative estimate of drug-likeness (QED) is 0.722. The highest BCUT2D eigenvalue weighted by Gasteiger charge is 2.38. The molecule has 116 valence electrons. The van der Waals surface area contributed by atoms with Crippen molar-refractivity contribution < 1.29 is 4.79 Å². The second-order valence-electron chi connectivity index (χ2n) is 7.25. The van der Waals surface area contributed by atoms with Crippen molar-refractivity contribution in [3.63, 3.8) is 0 Å². The van der Waals surface area contributed by atoms with Crippen molar-refractivity contribution in [2.75, 3.05) is 19.6 Å². The summed E-state index contributed by atoms with van der Waals surface area (Å²) >= 11 is 0. The fourth-order valence-corrected chi connectivity index (χ4v) is 3.60. The number of hydrogen-bond donors (Lipinski definition) is 0. The first-order valence-electron chi connectivity index (χ1n) is 8.25. The van der Waals surface area contributed by atoms with Crippen LogP contribution in [0.25, 0.3) is 0 Å². The van der Waals surface area contributed by atoms with Crippen molar-refractivity contribution in [1.29, 1.82) is 0 Å². The molecule has 0 amide bonds. The fourth-order valence-electron chi connectivity index (χ4n) is 3.60. The first-order chi connectivity index (χ1) is 9.92. The molecule has 2 rings (SSSR count). The topological polar surface area (TPSA) is 20.3 Å². The molecule has 1 aliphatic heterocycles. The Morgan fingerprint density at radius 1 is 1.19 bits per heavy atom. The van der Waals surface area contributed by atoms with Crippen LogP contribution in [0.4, 0.5) is 0 Å². The number of likely N-dealkylation sites (tertiary alicyclic amines) is 1. The number of Topliss-reactive ketones (excluding diaryl/α,β-unsaturated/α-hetero) is 1. The van der Waals surface area contributed by atoms with Crippen LogP contribution in [0.5, 0.6) is 0 Å². The lowest BCUT2D eigenvalue weighted by atomic mass is 9.81. The highest BCUT2D eigenvalue weighted by atomic mass is 16.1. The fraction of sp³-hybridized carbons (Fsp3) is 0.632. The second-order valence-corrected chi connectivity index (χ2v) is 7.25. The van der Waals surface area contributed by atoms with Crippen LogP contribution in [0.2, 0.25) is 0 Å². The summed E-state index contributed by atoms with van der Waals surface area (Å²) in [6.45, 7) is 11.9. The van der Waals surface area contributed by atoms with E-state index in [1.54, 1.807) is 0 Å². The lowest BCUT2D eigenvalue weighted by molar-refractivity contribution is 0.0771. The van der Waals surface area contributed by atoms with Crippen LogP contribution < -0.4 is 0 Å². The highest BCUT2D eigenvalue weighted by Crippen LogP contribution is 2.38. The van der Waals surface area contributed by atoms with Crippen molar-refractivity contribution in [3.8, 4) is 0 Å². The third kappa shape index (κ3) is 3.55. The van der Waals surface area contributed by atoms with Gasteiger partial charge in [-0.3, -0.25) is 4.79 Å². The number of carbonyl (C=O) groups is 1. The predicted molar refractivity (Wildman–Crippen MR) is 88.6 cm³/mol.